The quantitative estimate of drug-likeness (QED) is 0.298. The van der Waals surface area contributed by atoms with Crippen LogP contribution in [0.5, 0.6) is 11.5 Å². The van der Waals surface area contributed by atoms with Crippen molar-refractivity contribution in [3.8, 4) is 11.5 Å². The molecule has 1 N–H and O–H groups in total. The van der Waals surface area contributed by atoms with Gasteiger partial charge in [0.25, 0.3) is 5.69 Å². The first-order chi connectivity index (χ1) is 14.0. The zero-order chi connectivity index (χ0) is 20.8. The van der Waals surface area contributed by atoms with Crippen LogP contribution in [0.25, 0.3) is 0 Å². The number of hydrogen-bond donors (Lipinski definition) is 1. The number of fused-ring (bicyclic) bond motifs is 1. The average Bonchev–Trinajstić information content (AvgIpc) is 2.72. The van der Waals surface area contributed by atoms with Crippen LogP contribution in [-0.2, 0) is 16.1 Å². The van der Waals surface area contributed by atoms with Crippen LogP contribution < -0.4 is 14.8 Å². The van der Waals surface area contributed by atoms with Crippen molar-refractivity contribution in [3.63, 3.8) is 0 Å². The van der Waals surface area contributed by atoms with Gasteiger partial charge in [-0.25, -0.2) is 4.79 Å². The van der Waals surface area contributed by atoms with Gasteiger partial charge in [0, 0.05) is 19.7 Å². The molecule has 9 nitrogen and oxygen atoms in total. The van der Waals surface area contributed by atoms with Crippen LogP contribution in [0.1, 0.15) is 15.9 Å². The molecule has 0 atom stereocenters. The van der Waals surface area contributed by atoms with E-state index in [9.17, 15) is 14.9 Å². The van der Waals surface area contributed by atoms with Gasteiger partial charge in [0.1, 0.15) is 25.5 Å². The van der Waals surface area contributed by atoms with E-state index >= 15 is 0 Å². The lowest BCUT2D eigenvalue weighted by atomic mass is 10.1. The van der Waals surface area contributed by atoms with Gasteiger partial charge in [0.2, 0.25) is 0 Å². The smallest absolute Gasteiger partial charge is 0.338 e. The van der Waals surface area contributed by atoms with Crippen molar-refractivity contribution < 1.29 is 28.7 Å². The molecule has 0 aliphatic carbocycles. The summed E-state index contributed by atoms with van der Waals surface area (Å²) in [6.07, 6.45) is 0. The maximum atomic E-state index is 12.4. The molecule has 10 heteroatoms. The van der Waals surface area contributed by atoms with Crippen LogP contribution in [0, 0.1) is 10.1 Å². The summed E-state index contributed by atoms with van der Waals surface area (Å²) in [6.45, 7) is 1.53. The fraction of sp³-hybridized carbons (Fsp3) is 0.316. The summed E-state index contributed by atoms with van der Waals surface area (Å²) in [5.41, 5.74) is 0.748. The molecule has 1 aliphatic heterocycles. The SMILES string of the molecule is COCCNc1ccc(C(=O)OCc2cc(Cl)c3c(c2)OCCO3)cc1[N+](=O)[O-]. The molecule has 1 heterocycles. The number of nitro groups is 1. The molecule has 2 aromatic carbocycles. The standard InChI is InChI=1S/C19H19ClN2O7/c1-26-5-4-21-15-3-2-13(10-16(15)22(24)25)19(23)29-11-12-8-14(20)18-17(9-12)27-6-7-28-18/h2-3,8-10,21H,4-7,11H2,1H3. The number of benzene rings is 2. The number of methoxy groups -OCH3 is 1. The molecule has 154 valence electrons. The summed E-state index contributed by atoms with van der Waals surface area (Å²) in [4.78, 5) is 23.1. The number of carbonyl (C=O) groups excluding carboxylic acids is 1. The third-order valence-corrected chi connectivity index (χ3v) is 4.36. The summed E-state index contributed by atoms with van der Waals surface area (Å²) in [5.74, 6) is 0.250. The molecule has 29 heavy (non-hydrogen) atoms. The second-order valence-electron chi connectivity index (χ2n) is 6.09. The van der Waals surface area contributed by atoms with Crippen LogP contribution in [0.3, 0.4) is 0 Å². The molecular weight excluding hydrogens is 404 g/mol. The average molecular weight is 423 g/mol. The molecule has 0 saturated heterocycles. The van der Waals surface area contributed by atoms with Crippen molar-refractivity contribution in [2.45, 2.75) is 6.61 Å². The molecule has 3 rings (SSSR count). The number of esters is 1. The first kappa shape index (κ1) is 20.7. The monoisotopic (exact) mass is 422 g/mol. The predicted octanol–water partition coefficient (Wildman–Crippen LogP) is 3.43. The van der Waals surface area contributed by atoms with E-state index in [1.54, 1.807) is 12.1 Å². The minimum Gasteiger partial charge on any atom is -0.486 e. The highest BCUT2D eigenvalue weighted by molar-refractivity contribution is 6.32. The van der Waals surface area contributed by atoms with Crippen LogP contribution in [0.2, 0.25) is 5.02 Å². The molecule has 0 amide bonds. The lowest BCUT2D eigenvalue weighted by molar-refractivity contribution is -0.384. The van der Waals surface area contributed by atoms with Crippen molar-refractivity contribution in [1.29, 1.82) is 0 Å². The molecule has 2 aromatic rings. The van der Waals surface area contributed by atoms with Crippen molar-refractivity contribution in [1.82, 2.24) is 0 Å². The minimum absolute atomic E-state index is 0.0673. The molecule has 0 aromatic heterocycles. The van der Waals surface area contributed by atoms with Gasteiger partial charge in [0.05, 0.1) is 22.1 Å². The van der Waals surface area contributed by atoms with Crippen molar-refractivity contribution >= 4 is 28.9 Å². The van der Waals surface area contributed by atoms with Crippen molar-refractivity contribution in [2.24, 2.45) is 0 Å². The molecule has 0 unspecified atom stereocenters. The van der Waals surface area contributed by atoms with E-state index in [4.69, 9.17) is 30.5 Å². The van der Waals surface area contributed by atoms with Gasteiger partial charge < -0.3 is 24.3 Å². The Labute approximate surface area is 171 Å². The normalized spacial score (nSPS) is 12.3. The zero-order valence-electron chi connectivity index (χ0n) is 15.6. The Morgan fingerprint density at radius 2 is 2.07 bits per heavy atom. The van der Waals surface area contributed by atoms with Gasteiger partial charge >= 0.3 is 5.97 Å². The van der Waals surface area contributed by atoms with Gasteiger partial charge in [-0.05, 0) is 29.8 Å². The first-order valence-electron chi connectivity index (χ1n) is 8.76. The molecular formula is C19H19ClN2O7. The largest absolute Gasteiger partial charge is 0.486 e. The number of halogens is 1. The molecule has 0 spiro atoms. The number of carbonyl (C=O) groups is 1. The van der Waals surface area contributed by atoms with Gasteiger partial charge in [-0.3, -0.25) is 10.1 Å². The van der Waals surface area contributed by atoms with Crippen LogP contribution >= 0.6 is 11.6 Å². The van der Waals surface area contributed by atoms with E-state index in [-0.39, 0.29) is 17.9 Å². The Morgan fingerprint density at radius 3 is 2.83 bits per heavy atom. The second-order valence-corrected chi connectivity index (χ2v) is 6.49. The first-order valence-corrected chi connectivity index (χ1v) is 9.13. The number of hydrogen-bond acceptors (Lipinski definition) is 8. The lowest BCUT2D eigenvalue weighted by Gasteiger charge is -2.20. The molecule has 0 bridgehead atoms. The fourth-order valence-corrected chi connectivity index (χ4v) is 3.01. The number of anilines is 1. The highest BCUT2D eigenvalue weighted by Gasteiger charge is 2.20. The Kier molecular flexibility index (Phi) is 6.73. The predicted molar refractivity (Wildman–Crippen MR) is 105 cm³/mol. The highest BCUT2D eigenvalue weighted by atomic mass is 35.5. The molecule has 0 radical (unpaired) electrons. The van der Waals surface area contributed by atoms with Crippen LogP contribution in [0.15, 0.2) is 30.3 Å². The molecule has 0 saturated carbocycles. The number of ether oxygens (including phenoxy) is 4. The maximum absolute atomic E-state index is 12.4. The number of nitro benzene ring substituents is 1. The van der Waals surface area contributed by atoms with Crippen molar-refractivity contribution in [2.75, 3.05) is 38.8 Å². The van der Waals surface area contributed by atoms with E-state index in [0.29, 0.717) is 54.1 Å². The highest BCUT2D eigenvalue weighted by Crippen LogP contribution is 2.38. The second kappa shape index (κ2) is 9.44. The number of nitrogens with zero attached hydrogens (tertiary/aromatic N) is 1. The van der Waals surface area contributed by atoms with E-state index in [0.717, 1.165) is 0 Å². The zero-order valence-corrected chi connectivity index (χ0v) is 16.4. The third kappa shape index (κ3) is 5.07. The Bertz CT molecular complexity index is 920. The van der Waals surface area contributed by atoms with E-state index in [1.807, 2.05) is 0 Å². The Hall–Kier alpha value is -3.04. The Balaban J connectivity index is 1.70. The van der Waals surface area contributed by atoms with Crippen LogP contribution in [0.4, 0.5) is 11.4 Å². The Morgan fingerprint density at radius 1 is 1.28 bits per heavy atom. The molecule has 0 fully saturated rings. The topological polar surface area (TPSA) is 109 Å². The minimum atomic E-state index is -0.692. The van der Waals surface area contributed by atoms with Gasteiger partial charge in [-0.2, -0.15) is 0 Å². The summed E-state index contributed by atoms with van der Waals surface area (Å²) >= 11 is 6.17. The van der Waals surface area contributed by atoms with Crippen LogP contribution in [-0.4, -0.2) is 44.4 Å². The fourth-order valence-electron chi connectivity index (χ4n) is 2.73. The van der Waals surface area contributed by atoms with Gasteiger partial charge in [-0.15, -0.1) is 0 Å². The summed E-state index contributed by atoms with van der Waals surface area (Å²) in [6, 6.07) is 7.40. The van der Waals surface area contributed by atoms with E-state index in [1.165, 1.54) is 25.3 Å². The summed E-state index contributed by atoms with van der Waals surface area (Å²) < 4.78 is 21.1. The maximum Gasteiger partial charge on any atom is 0.338 e. The third-order valence-electron chi connectivity index (χ3n) is 4.08. The van der Waals surface area contributed by atoms with E-state index < -0.39 is 10.9 Å². The molecule has 1 aliphatic rings. The van der Waals surface area contributed by atoms with E-state index in [2.05, 4.69) is 5.32 Å². The van der Waals surface area contributed by atoms with Crippen molar-refractivity contribution in [3.05, 3.63) is 56.6 Å². The summed E-state index contributed by atoms with van der Waals surface area (Å²) in [7, 11) is 1.53. The lowest BCUT2D eigenvalue weighted by Crippen LogP contribution is -2.16. The summed E-state index contributed by atoms with van der Waals surface area (Å²) in [5, 5.41) is 14.6. The van der Waals surface area contributed by atoms with Gasteiger partial charge in [-0.1, -0.05) is 11.6 Å². The number of rotatable bonds is 8. The number of nitrogens with one attached hydrogen (secondary N) is 1. The van der Waals surface area contributed by atoms with Gasteiger partial charge in [0.15, 0.2) is 11.5 Å².